The van der Waals surface area contributed by atoms with Gasteiger partial charge in [0.15, 0.2) is 0 Å². The number of aryl methyl sites for hydroxylation is 1. The first kappa shape index (κ1) is 30.2. The van der Waals surface area contributed by atoms with Gasteiger partial charge in [0.25, 0.3) is 5.95 Å². The highest BCUT2D eigenvalue weighted by molar-refractivity contribution is 5.42. The lowest BCUT2D eigenvalue weighted by Crippen LogP contribution is -2.27. The Morgan fingerprint density at radius 2 is 1.36 bits per heavy atom. The fraction of sp³-hybridized carbons (Fsp3) is 0.458. The van der Waals surface area contributed by atoms with Crippen molar-refractivity contribution in [1.29, 1.82) is 0 Å². The highest BCUT2D eigenvalue weighted by Gasteiger charge is 2.37. The van der Waals surface area contributed by atoms with Crippen LogP contribution >= 0.6 is 0 Å². The van der Waals surface area contributed by atoms with E-state index in [1.165, 1.54) is 18.0 Å². The number of alkyl halides is 9. The van der Waals surface area contributed by atoms with E-state index in [1.807, 2.05) is 6.92 Å². The summed E-state index contributed by atoms with van der Waals surface area (Å²) in [4.78, 5) is 3.99. The topological polar surface area (TPSA) is 50.1 Å². The molecule has 214 valence electrons. The van der Waals surface area contributed by atoms with E-state index in [0.717, 1.165) is 16.9 Å². The number of benzene rings is 2. The van der Waals surface area contributed by atoms with Crippen LogP contribution in [0.3, 0.4) is 0 Å². The number of aromatic nitrogens is 4. The van der Waals surface area contributed by atoms with Gasteiger partial charge in [-0.25, -0.2) is 0 Å². The fourth-order valence-corrected chi connectivity index (χ4v) is 4.24. The molecule has 0 aliphatic rings. The predicted molar refractivity (Wildman–Crippen MR) is 123 cm³/mol. The first-order chi connectivity index (χ1) is 17.9. The Hall–Kier alpha value is -3.36. The van der Waals surface area contributed by atoms with Crippen molar-refractivity contribution in [3.63, 3.8) is 0 Å². The maximum Gasteiger partial charge on any atom is 0.416 e. The summed E-state index contributed by atoms with van der Waals surface area (Å²) in [5.41, 5.74) is -3.72. The predicted octanol–water partition coefficient (Wildman–Crippen LogP) is 6.49. The second-order valence-electron chi connectivity index (χ2n) is 9.15. The average molecular weight is 568 g/mol. The molecule has 0 radical (unpaired) electrons. The molecule has 0 saturated heterocycles. The number of nitrogens with zero attached hydrogens (tertiary/aromatic N) is 6. The third-order valence-electron chi connectivity index (χ3n) is 6.00. The maximum absolute atomic E-state index is 13.6. The third kappa shape index (κ3) is 7.40. The zero-order valence-electron chi connectivity index (χ0n) is 21.2. The van der Waals surface area contributed by atoms with E-state index in [2.05, 4.69) is 15.4 Å². The van der Waals surface area contributed by atoms with Gasteiger partial charge in [-0.05, 0) is 72.8 Å². The van der Waals surface area contributed by atoms with Gasteiger partial charge < -0.3 is 9.80 Å². The molecule has 0 spiro atoms. The molecule has 2 aromatic carbocycles. The van der Waals surface area contributed by atoms with Gasteiger partial charge in [0.1, 0.15) is 0 Å². The van der Waals surface area contributed by atoms with E-state index < -0.39 is 47.3 Å². The van der Waals surface area contributed by atoms with Crippen LogP contribution in [0.2, 0.25) is 0 Å². The number of tetrazole rings is 1. The highest BCUT2D eigenvalue weighted by atomic mass is 19.4. The van der Waals surface area contributed by atoms with Crippen LogP contribution < -0.4 is 4.90 Å². The van der Waals surface area contributed by atoms with Gasteiger partial charge >= 0.3 is 18.5 Å². The number of rotatable bonds is 8. The van der Waals surface area contributed by atoms with E-state index in [0.29, 0.717) is 24.1 Å². The summed E-state index contributed by atoms with van der Waals surface area (Å²) in [6, 6.07) is 3.95. The van der Waals surface area contributed by atoms with Crippen molar-refractivity contribution in [2.75, 3.05) is 19.0 Å². The monoisotopic (exact) mass is 568 g/mol. The molecule has 1 unspecified atom stereocenters. The van der Waals surface area contributed by atoms with Crippen LogP contribution in [-0.4, -0.2) is 39.2 Å². The fourth-order valence-electron chi connectivity index (χ4n) is 4.24. The molecule has 3 rings (SSSR count). The number of hydrogen-bond acceptors (Lipinski definition) is 5. The molecular formula is C24H25F9N6. The number of halogens is 9. The standard InChI is InChI=1S/C24H25F9N6/c1-5-20(37(2)3)19-7-6-16(22(25,26)27)10-15(19)13-39(21-34-36-38(4)35-21)12-14-8-17(23(28,29)30)11-18(9-14)24(31,32)33/h6-11,20H,5,12-13H2,1-4H3. The van der Waals surface area contributed by atoms with Crippen molar-refractivity contribution >= 4 is 5.95 Å². The lowest BCUT2D eigenvalue weighted by Gasteiger charge is -2.29. The quantitative estimate of drug-likeness (QED) is 0.291. The number of hydrogen-bond donors (Lipinski definition) is 0. The molecule has 1 aromatic heterocycles. The summed E-state index contributed by atoms with van der Waals surface area (Å²) in [5.74, 6) is -0.190. The van der Waals surface area contributed by atoms with Gasteiger partial charge in [-0.1, -0.05) is 18.1 Å². The van der Waals surface area contributed by atoms with E-state index >= 15 is 0 Å². The summed E-state index contributed by atoms with van der Waals surface area (Å²) in [7, 11) is 4.85. The van der Waals surface area contributed by atoms with Crippen molar-refractivity contribution in [2.45, 2.75) is 51.0 Å². The maximum atomic E-state index is 13.6. The van der Waals surface area contributed by atoms with Crippen LogP contribution in [0.5, 0.6) is 0 Å². The highest BCUT2D eigenvalue weighted by Crippen LogP contribution is 2.38. The van der Waals surface area contributed by atoms with Crippen molar-refractivity contribution < 1.29 is 39.5 Å². The largest absolute Gasteiger partial charge is 0.416 e. The van der Waals surface area contributed by atoms with Crippen LogP contribution in [0.4, 0.5) is 45.5 Å². The van der Waals surface area contributed by atoms with Gasteiger partial charge in [-0.3, -0.25) is 0 Å². The van der Waals surface area contributed by atoms with E-state index in [4.69, 9.17) is 0 Å². The molecular weight excluding hydrogens is 543 g/mol. The summed E-state index contributed by atoms with van der Waals surface area (Å²) < 4.78 is 121. The molecule has 0 amide bonds. The van der Waals surface area contributed by atoms with Crippen LogP contribution in [0.15, 0.2) is 36.4 Å². The third-order valence-corrected chi connectivity index (χ3v) is 6.00. The Kier molecular flexibility index (Phi) is 8.53. The average Bonchev–Trinajstić information content (AvgIpc) is 3.24. The second kappa shape index (κ2) is 11.0. The molecule has 39 heavy (non-hydrogen) atoms. The van der Waals surface area contributed by atoms with Gasteiger partial charge in [0.2, 0.25) is 0 Å². The summed E-state index contributed by atoms with van der Waals surface area (Å²) in [6.45, 7) is 0.898. The molecule has 6 nitrogen and oxygen atoms in total. The Morgan fingerprint density at radius 1 is 0.795 bits per heavy atom. The van der Waals surface area contributed by atoms with Crippen molar-refractivity contribution in [3.8, 4) is 0 Å². The minimum atomic E-state index is -5.07. The first-order valence-corrected chi connectivity index (χ1v) is 11.5. The van der Waals surface area contributed by atoms with Crippen molar-refractivity contribution in [2.24, 2.45) is 7.05 Å². The lowest BCUT2D eigenvalue weighted by atomic mass is 9.94. The molecule has 0 saturated carbocycles. The van der Waals surface area contributed by atoms with Crippen LogP contribution in [-0.2, 0) is 38.7 Å². The molecule has 0 N–H and O–H groups in total. The van der Waals surface area contributed by atoms with Gasteiger partial charge in [0, 0.05) is 19.1 Å². The summed E-state index contributed by atoms with van der Waals surface area (Å²) >= 11 is 0. The second-order valence-corrected chi connectivity index (χ2v) is 9.15. The lowest BCUT2D eigenvalue weighted by molar-refractivity contribution is -0.143. The minimum absolute atomic E-state index is 0.00223. The van der Waals surface area contributed by atoms with Crippen molar-refractivity contribution in [3.05, 3.63) is 69.8 Å². The van der Waals surface area contributed by atoms with Crippen LogP contribution in [0.1, 0.15) is 52.8 Å². The van der Waals surface area contributed by atoms with Crippen molar-refractivity contribution in [1.82, 2.24) is 25.1 Å². The van der Waals surface area contributed by atoms with Gasteiger partial charge in [-0.2, -0.15) is 44.3 Å². The Morgan fingerprint density at radius 3 is 1.79 bits per heavy atom. The number of anilines is 1. The Balaban J connectivity index is 2.16. The Bertz CT molecular complexity index is 1250. The Labute approximate surface area is 218 Å². The molecule has 1 heterocycles. The molecule has 1 atom stereocenters. The molecule has 0 aliphatic carbocycles. The molecule has 0 fully saturated rings. The smallest absolute Gasteiger partial charge is 0.330 e. The summed E-state index contributed by atoms with van der Waals surface area (Å²) in [5, 5.41) is 11.5. The zero-order valence-corrected chi connectivity index (χ0v) is 21.2. The van der Waals surface area contributed by atoms with Crippen LogP contribution in [0, 0.1) is 0 Å². The van der Waals surface area contributed by atoms with Crippen LogP contribution in [0.25, 0.3) is 0 Å². The minimum Gasteiger partial charge on any atom is -0.330 e. The zero-order chi connectivity index (χ0) is 29.3. The molecule has 15 heteroatoms. The van der Waals surface area contributed by atoms with E-state index in [-0.39, 0.29) is 30.2 Å². The molecule has 0 aliphatic heterocycles. The van der Waals surface area contributed by atoms with Gasteiger partial charge in [-0.15, -0.1) is 5.10 Å². The first-order valence-electron chi connectivity index (χ1n) is 11.5. The normalized spacial score (nSPS) is 13.7. The van der Waals surface area contributed by atoms with E-state index in [1.54, 1.807) is 19.0 Å². The SMILES string of the molecule is CCC(c1ccc(C(F)(F)F)cc1CN(Cc1cc(C(F)(F)F)cc(C(F)(F)F)c1)c1nnn(C)n1)N(C)C. The van der Waals surface area contributed by atoms with E-state index in [9.17, 15) is 39.5 Å². The summed E-state index contributed by atoms with van der Waals surface area (Å²) in [6.07, 6.45) is -14.3. The molecule has 3 aromatic rings. The molecule has 0 bridgehead atoms. The van der Waals surface area contributed by atoms with Gasteiger partial charge in [0.05, 0.1) is 23.7 Å².